The Morgan fingerprint density at radius 3 is 3.04 bits per heavy atom. The van der Waals surface area contributed by atoms with Gasteiger partial charge in [0, 0.05) is 25.3 Å². The van der Waals surface area contributed by atoms with Crippen LogP contribution in [-0.4, -0.2) is 45.8 Å². The highest BCUT2D eigenvalue weighted by atomic mass is 16.6. The summed E-state index contributed by atoms with van der Waals surface area (Å²) in [5.41, 5.74) is 1.16. The lowest BCUT2D eigenvalue weighted by Gasteiger charge is -2.35. The summed E-state index contributed by atoms with van der Waals surface area (Å²) in [5, 5.41) is 2.88. The van der Waals surface area contributed by atoms with Gasteiger partial charge in [-0.25, -0.2) is 9.78 Å². The zero-order valence-corrected chi connectivity index (χ0v) is 14.5. The van der Waals surface area contributed by atoms with Gasteiger partial charge in [-0.3, -0.25) is 0 Å². The van der Waals surface area contributed by atoms with Gasteiger partial charge in [0.15, 0.2) is 5.65 Å². The van der Waals surface area contributed by atoms with E-state index in [2.05, 4.69) is 25.2 Å². The molecular weight excluding hydrogens is 306 g/mol. The average molecular weight is 331 g/mol. The Balaban J connectivity index is 1.68. The van der Waals surface area contributed by atoms with Gasteiger partial charge >= 0.3 is 6.09 Å². The molecule has 1 amide bonds. The molecule has 1 atom stereocenters. The van der Waals surface area contributed by atoms with Crippen molar-refractivity contribution in [1.29, 1.82) is 0 Å². The van der Waals surface area contributed by atoms with Gasteiger partial charge in [0.25, 0.3) is 0 Å². The van der Waals surface area contributed by atoms with Gasteiger partial charge < -0.3 is 19.9 Å². The molecule has 2 N–H and O–H groups in total. The van der Waals surface area contributed by atoms with Gasteiger partial charge in [0.05, 0.1) is 5.52 Å². The van der Waals surface area contributed by atoms with Crippen LogP contribution in [0.4, 0.5) is 10.7 Å². The molecule has 7 nitrogen and oxygen atoms in total. The number of alkyl carbamates (subject to hydrolysis) is 1. The number of carbonyl (C=O) groups excluding carboxylic acids is 1. The number of imidazole rings is 1. The summed E-state index contributed by atoms with van der Waals surface area (Å²) in [6.45, 7) is 7.04. The Kier molecular flexibility index (Phi) is 4.59. The summed E-state index contributed by atoms with van der Waals surface area (Å²) < 4.78 is 5.32. The standard InChI is InChI=1S/C17H25N5O2/c1-17(2,3)24-16(23)19-11-12-7-4-5-10-22(12)15-20-13-8-6-9-18-14(13)21-15/h6,8-9,12H,4-5,7,10-11H2,1-3H3,(H,19,23)(H,18,20,21)/t12-/m0/s1. The van der Waals surface area contributed by atoms with Crippen molar-refractivity contribution in [3.05, 3.63) is 18.3 Å². The first-order valence-electron chi connectivity index (χ1n) is 8.46. The molecule has 1 saturated heterocycles. The lowest BCUT2D eigenvalue weighted by atomic mass is 10.0. The van der Waals surface area contributed by atoms with Crippen LogP contribution in [0.5, 0.6) is 0 Å². The summed E-state index contributed by atoms with van der Waals surface area (Å²) >= 11 is 0. The van der Waals surface area contributed by atoms with E-state index in [1.165, 1.54) is 0 Å². The first kappa shape index (κ1) is 16.5. The molecule has 3 heterocycles. The van der Waals surface area contributed by atoms with Crippen molar-refractivity contribution in [3.63, 3.8) is 0 Å². The number of amides is 1. The molecule has 0 saturated carbocycles. The Morgan fingerprint density at radius 2 is 2.29 bits per heavy atom. The number of fused-ring (bicyclic) bond motifs is 1. The quantitative estimate of drug-likeness (QED) is 0.903. The number of nitrogens with one attached hydrogen (secondary N) is 2. The molecule has 0 spiro atoms. The largest absolute Gasteiger partial charge is 0.444 e. The number of aromatic amines is 1. The van der Waals surface area contributed by atoms with Gasteiger partial charge in [0.1, 0.15) is 5.60 Å². The number of nitrogens with zero attached hydrogens (tertiary/aromatic N) is 3. The smallest absolute Gasteiger partial charge is 0.407 e. The second-order valence-electron chi connectivity index (χ2n) is 7.16. The second-order valence-corrected chi connectivity index (χ2v) is 7.16. The number of H-pyrrole nitrogens is 1. The van der Waals surface area contributed by atoms with Crippen LogP contribution in [0.1, 0.15) is 40.0 Å². The Hall–Kier alpha value is -2.31. The summed E-state index contributed by atoms with van der Waals surface area (Å²) in [7, 11) is 0. The summed E-state index contributed by atoms with van der Waals surface area (Å²) in [6, 6.07) is 4.06. The minimum absolute atomic E-state index is 0.201. The highest BCUT2D eigenvalue weighted by Gasteiger charge is 2.26. The minimum Gasteiger partial charge on any atom is -0.444 e. The number of anilines is 1. The highest BCUT2D eigenvalue weighted by molar-refractivity contribution is 5.73. The SMILES string of the molecule is CC(C)(C)OC(=O)NC[C@@H]1CCCCN1c1nc2ncccc2[nH]1. The number of hydrogen-bond donors (Lipinski definition) is 2. The number of piperidine rings is 1. The lowest BCUT2D eigenvalue weighted by molar-refractivity contribution is 0.0522. The minimum atomic E-state index is -0.485. The van der Waals surface area contributed by atoms with Crippen LogP contribution >= 0.6 is 0 Å². The summed E-state index contributed by atoms with van der Waals surface area (Å²) in [5.74, 6) is 0.819. The molecule has 0 bridgehead atoms. The summed E-state index contributed by atoms with van der Waals surface area (Å²) in [4.78, 5) is 26.3. The van der Waals surface area contributed by atoms with Crippen LogP contribution in [0.25, 0.3) is 11.2 Å². The molecule has 1 aliphatic rings. The van der Waals surface area contributed by atoms with Gasteiger partial charge in [0.2, 0.25) is 5.95 Å². The maximum atomic E-state index is 11.9. The zero-order valence-electron chi connectivity index (χ0n) is 14.5. The monoisotopic (exact) mass is 331 g/mol. The molecule has 130 valence electrons. The van der Waals surface area contributed by atoms with E-state index in [4.69, 9.17) is 4.74 Å². The van der Waals surface area contributed by atoms with Crippen molar-refractivity contribution in [1.82, 2.24) is 20.3 Å². The summed E-state index contributed by atoms with van der Waals surface area (Å²) in [6.07, 6.45) is 4.65. The fourth-order valence-corrected chi connectivity index (χ4v) is 2.98. The van der Waals surface area contributed by atoms with Crippen molar-refractivity contribution in [2.75, 3.05) is 18.0 Å². The highest BCUT2D eigenvalue weighted by Crippen LogP contribution is 2.24. The van der Waals surface area contributed by atoms with E-state index in [-0.39, 0.29) is 12.1 Å². The van der Waals surface area contributed by atoms with E-state index in [0.29, 0.717) is 6.54 Å². The van der Waals surface area contributed by atoms with E-state index in [1.807, 2.05) is 32.9 Å². The van der Waals surface area contributed by atoms with Gasteiger partial charge in [-0.05, 0) is 52.2 Å². The predicted molar refractivity (Wildman–Crippen MR) is 93.1 cm³/mol. The predicted octanol–water partition coefficient (Wildman–Crippen LogP) is 2.84. The van der Waals surface area contributed by atoms with Crippen molar-refractivity contribution in [2.45, 2.75) is 51.7 Å². The van der Waals surface area contributed by atoms with Gasteiger partial charge in [-0.15, -0.1) is 0 Å². The molecule has 3 rings (SSSR count). The van der Waals surface area contributed by atoms with Crippen molar-refractivity contribution in [3.8, 4) is 0 Å². The number of aromatic nitrogens is 3. The number of rotatable bonds is 3. The third kappa shape index (κ3) is 3.96. The zero-order chi connectivity index (χ0) is 17.2. The fraction of sp³-hybridized carbons (Fsp3) is 0.588. The fourth-order valence-electron chi connectivity index (χ4n) is 2.98. The lowest BCUT2D eigenvalue weighted by Crippen LogP contribution is -2.48. The molecule has 0 radical (unpaired) electrons. The first-order valence-corrected chi connectivity index (χ1v) is 8.46. The molecule has 24 heavy (non-hydrogen) atoms. The van der Waals surface area contributed by atoms with E-state index in [9.17, 15) is 4.79 Å². The molecule has 2 aromatic heterocycles. The maximum Gasteiger partial charge on any atom is 0.407 e. The second kappa shape index (κ2) is 6.67. The van der Waals surface area contributed by atoms with Gasteiger partial charge in [-0.2, -0.15) is 4.98 Å². The molecule has 0 aliphatic carbocycles. The Morgan fingerprint density at radius 1 is 1.46 bits per heavy atom. The van der Waals surface area contributed by atoms with Crippen molar-refractivity contribution >= 4 is 23.2 Å². The van der Waals surface area contributed by atoms with Crippen LogP contribution in [0.15, 0.2) is 18.3 Å². The Bertz CT molecular complexity index is 673. The first-order chi connectivity index (χ1) is 11.4. The number of pyridine rings is 1. The number of carbonyl (C=O) groups is 1. The van der Waals surface area contributed by atoms with Crippen LogP contribution in [0.2, 0.25) is 0 Å². The van der Waals surface area contributed by atoms with Crippen LogP contribution in [0.3, 0.4) is 0 Å². The maximum absolute atomic E-state index is 11.9. The molecular formula is C17H25N5O2. The van der Waals surface area contributed by atoms with E-state index in [1.54, 1.807) is 6.20 Å². The van der Waals surface area contributed by atoms with Gasteiger partial charge in [-0.1, -0.05) is 0 Å². The topological polar surface area (TPSA) is 83.1 Å². The van der Waals surface area contributed by atoms with Crippen LogP contribution < -0.4 is 10.2 Å². The van der Waals surface area contributed by atoms with Crippen molar-refractivity contribution < 1.29 is 9.53 Å². The molecule has 2 aromatic rings. The number of ether oxygens (including phenoxy) is 1. The molecule has 7 heteroatoms. The Labute approximate surface area is 141 Å². The van der Waals surface area contributed by atoms with Crippen molar-refractivity contribution in [2.24, 2.45) is 0 Å². The molecule has 0 unspecified atom stereocenters. The average Bonchev–Trinajstić information content (AvgIpc) is 2.95. The third-order valence-corrected chi connectivity index (χ3v) is 4.03. The molecule has 1 fully saturated rings. The molecule has 0 aromatic carbocycles. The van der Waals surface area contributed by atoms with E-state index in [0.717, 1.165) is 42.9 Å². The van der Waals surface area contributed by atoms with Crippen LogP contribution in [-0.2, 0) is 4.74 Å². The van der Waals surface area contributed by atoms with E-state index >= 15 is 0 Å². The normalized spacial score (nSPS) is 18.6. The number of hydrogen-bond acceptors (Lipinski definition) is 5. The third-order valence-electron chi connectivity index (χ3n) is 4.03. The van der Waals surface area contributed by atoms with Crippen LogP contribution in [0, 0.1) is 0 Å². The molecule has 1 aliphatic heterocycles. The van der Waals surface area contributed by atoms with E-state index < -0.39 is 5.60 Å².